The molecule has 0 amide bonds. The lowest BCUT2D eigenvalue weighted by molar-refractivity contribution is 0.290. The number of nitrogens with two attached hydrogens (primary N) is 1. The smallest absolute Gasteiger partial charge is 0.119 e. The molecule has 0 radical (unpaired) electrons. The van der Waals surface area contributed by atoms with Crippen LogP contribution in [0.25, 0.3) is 0 Å². The summed E-state index contributed by atoms with van der Waals surface area (Å²) in [6.45, 7) is 4.63. The molecular weight excluding hydrogens is 258 g/mol. The van der Waals surface area contributed by atoms with Gasteiger partial charge in [0.15, 0.2) is 0 Å². The topological polar surface area (TPSA) is 35.2 Å². The third-order valence-electron chi connectivity index (χ3n) is 3.29. The Morgan fingerprint density at radius 1 is 1.11 bits per heavy atom. The quantitative estimate of drug-likeness (QED) is 0.914. The van der Waals surface area contributed by atoms with Crippen molar-refractivity contribution >= 4 is 11.6 Å². The lowest BCUT2D eigenvalue weighted by atomic mass is 9.98. The van der Waals surface area contributed by atoms with Gasteiger partial charge >= 0.3 is 0 Å². The van der Waals surface area contributed by atoms with Crippen LogP contribution in [0.2, 0.25) is 5.02 Å². The largest absolute Gasteiger partial charge is 0.492 e. The van der Waals surface area contributed by atoms with Gasteiger partial charge in [-0.15, -0.1) is 0 Å². The second kappa shape index (κ2) is 6.09. The second-order valence-corrected chi connectivity index (χ2v) is 5.10. The third-order valence-corrected chi connectivity index (χ3v) is 3.54. The monoisotopic (exact) mass is 275 g/mol. The molecule has 3 heteroatoms. The molecule has 1 unspecified atom stereocenters. The van der Waals surface area contributed by atoms with Crippen molar-refractivity contribution < 1.29 is 4.74 Å². The summed E-state index contributed by atoms with van der Waals surface area (Å²) < 4.78 is 5.69. The Morgan fingerprint density at radius 2 is 1.79 bits per heavy atom. The fourth-order valence-corrected chi connectivity index (χ4v) is 2.11. The summed E-state index contributed by atoms with van der Waals surface area (Å²) in [5.41, 5.74) is 9.81. The summed E-state index contributed by atoms with van der Waals surface area (Å²) in [6, 6.07) is 13.3. The first kappa shape index (κ1) is 13.9. The number of benzene rings is 2. The van der Waals surface area contributed by atoms with Gasteiger partial charge in [-0.25, -0.2) is 0 Å². The highest BCUT2D eigenvalue weighted by molar-refractivity contribution is 6.30. The molecule has 0 saturated heterocycles. The Labute approximate surface area is 119 Å². The summed E-state index contributed by atoms with van der Waals surface area (Å²) in [4.78, 5) is 0. The molecule has 0 heterocycles. The summed E-state index contributed by atoms with van der Waals surface area (Å²) in [6.07, 6.45) is 0. The van der Waals surface area contributed by atoms with Crippen LogP contribution in [0.3, 0.4) is 0 Å². The molecule has 2 aromatic rings. The van der Waals surface area contributed by atoms with E-state index >= 15 is 0 Å². The molecule has 0 spiro atoms. The minimum Gasteiger partial charge on any atom is -0.492 e. The minimum absolute atomic E-state index is 0.129. The number of rotatable bonds is 4. The second-order valence-electron chi connectivity index (χ2n) is 4.66. The summed E-state index contributed by atoms with van der Waals surface area (Å²) in [5.74, 6) is 0.783. The molecule has 19 heavy (non-hydrogen) atoms. The highest BCUT2D eigenvalue weighted by Gasteiger charge is 2.10. The van der Waals surface area contributed by atoms with Crippen molar-refractivity contribution in [2.24, 2.45) is 5.73 Å². The zero-order valence-electron chi connectivity index (χ0n) is 11.2. The van der Waals surface area contributed by atoms with Crippen molar-refractivity contribution in [3.05, 3.63) is 64.2 Å². The van der Waals surface area contributed by atoms with Gasteiger partial charge in [0.05, 0.1) is 6.04 Å². The number of hydrogen-bond donors (Lipinski definition) is 1. The normalized spacial score (nSPS) is 12.2. The zero-order chi connectivity index (χ0) is 13.8. The molecule has 0 aliphatic rings. The van der Waals surface area contributed by atoms with Crippen molar-refractivity contribution in [3.8, 4) is 5.75 Å². The molecule has 0 aliphatic heterocycles. The maximum atomic E-state index is 6.19. The highest BCUT2D eigenvalue weighted by Crippen LogP contribution is 2.21. The first-order valence-electron chi connectivity index (χ1n) is 6.28. The fourth-order valence-electron chi connectivity index (χ4n) is 1.98. The van der Waals surface area contributed by atoms with Gasteiger partial charge in [0.2, 0.25) is 0 Å². The van der Waals surface area contributed by atoms with Crippen LogP contribution in [0.5, 0.6) is 5.75 Å². The van der Waals surface area contributed by atoms with Crippen molar-refractivity contribution in [3.63, 3.8) is 0 Å². The van der Waals surface area contributed by atoms with E-state index in [1.807, 2.05) is 18.2 Å². The van der Waals surface area contributed by atoms with E-state index in [-0.39, 0.29) is 6.04 Å². The molecule has 1 atom stereocenters. The van der Waals surface area contributed by atoms with Gasteiger partial charge in [0.1, 0.15) is 12.4 Å². The van der Waals surface area contributed by atoms with Crippen LogP contribution < -0.4 is 10.5 Å². The first-order chi connectivity index (χ1) is 9.08. The number of hydrogen-bond acceptors (Lipinski definition) is 2. The van der Waals surface area contributed by atoms with Gasteiger partial charge in [-0.05, 0) is 54.8 Å². The molecule has 2 nitrogen and oxygen atoms in total. The molecule has 2 rings (SSSR count). The highest BCUT2D eigenvalue weighted by atomic mass is 35.5. The summed E-state index contributed by atoms with van der Waals surface area (Å²) >= 11 is 5.83. The Balaban J connectivity index is 2.03. The van der Waals surface area contributed by atoms with Gasteiger partial charge in [-0.3, -0.25) is 0 Å². The van der Waals surface area contributed by atoms with E-state index < -0.39 is 0 Å². The van der Waals surface area contributed by atoms with Crippen LogP contribution in [-0.2, 0) is 0 Å². The molecule has 2 N–H and O–H groups in total. The van der Waals surface area contributed by atoms with E-state index in [0.717, 1.165) is 11.3 Å². The van der Waals surface area contributed by atoms with E-state index in [2.05, 4.69) is 26.0 Å². The minimum atomic E-state index is -0.129. The van der Waals surface area contributed by atoms with E-state index in [4.69, 9.17) is 22.1 Å². The van der Waals surface area contributed by atoms with Crippen LogP contribution in [0, 0.1) is 13.8 Å². The maximum absolute atomic E-state index is 6.19. The lowest BCUT2D eigenvalue weighted by Gasteiger charge is -2.17. The van der Waals surface area contributed by atoms with Gasteiger partial charge < -0.3 is 10.5 Å². The van der Waals surface area contributed by atoms with Crippen LogP contribution >= 0.6 is 11.6 Å². The Kier molecular flexibility index (Phi) is 4.46. The first-order valence-corrected chi connectivity index (χ1v) is 6.66. The standard InChI is InChI=1S/C16H18ClNO/c1-11-4-3-5-15(12(11)2)16(18)10-19-14-8-6-13(17)7-9-14/h3-9,16H,10,18H2,1-2H3. The van der Waals surface area contributed by atoms with Crippen LogP contribution in [0.4, 0.5) is 0 Å². The van der Waals surface area contributed by atoms with Crippen molar-refractivity contribution in [1.82, 2.24) is 0 Å². The zero-order valence-corrected chi connectivity index (χ0v) is 11.9. The van der Waals surface area contributed by atoms with Gasteiger partial charge in [0.25, 0.3) is 0 Å². The fraction of sp³-hybridized carbons (Fsp3) is 0.250. The SMILES string of the molecule is Cc1cccc(C(N)COc2ccc(Cl)cc2)c1C. The van der Waals surface area contributed by atoms with E-state index in [0.29, 0.717) is 11.6 Å². The molecule has 0 fully saturated rings. The average molecular weight is 276 g/mol. The van der Waals surface area contributed by atoms with E-state index in [1.54, 1.807) is 12.1 Å². The van der Waals surface area contributed by atoms with E-state index in [1.165, 1.54) is 11.1 Å². The van der Waals surface area contributed by atoms with Crippen molar-refractivity contribution in [2.75, 3.05) is 6.61 Å². The van der Waals surface area contributed by atoms with E-state index in [9.17, 15) is 0 Å². The average Bonchev–Trinajstić information content (AvgIpc) is 2.41. The Bertz CT molecular complexity index is 551. The number of aryl methyl sites for hydroxylation is 1. The van der Waals surface area contributed by atoms with Gasteiger partial charge in [-0.2, -0.15) is 0 Å². The Hall–Kier alpha value is -1.51. The summed E-state index contributed by atoms with van der Waals surface area (Å²) in [7, 11) is 0. The number of ether oxygens (including phenoxy) is 1. The third kappa shape index (κ3) is 3.49. The van der Waals surface area contributed by atoms with Gasteiger partial charge in [0, 0.05) is 5.02 Å². The van der Waals surface area contributed by atoms with Crippen LogP contribution in [0.1, 0.15) is 22.7 Å². The molecule has 0 saturated carbocycles. The number of halogens is 1. The molecular formula is C16H18ClNO. The molecule has 0 bridgehead atoms. The molecule has 100 valence electrons. The predicted octanol–water partition coefficient (Wildman–Crippen LogP) is 4.04. The predicted molar refractivity (Wildman–Crippen MR) is 79.8 cm³/mol. The van der Waals surface area contributed by atoms with Gasteiger partial charge in [-0.1, -0.05) is 29.8 Å². The van der Waals surface area contributed by atoms with Crippen LogP contribution in [0.15, 0.2) is 42.5 Å². The van der Waals surface area contributed by atoms with Crippen molar-refractivity contribution in [2.45, 2.75) is 19.9 Å². The molecule has 0 aromatic heterocycles. The maximum Gasteiger partial charge on any atom is 0.119 e. The summed E-state index contributed by atoms with van der Waals surface area (Å²) in [5, 5.41) is 0.700. The van der Waals surface area contributed by atoms with Crippen molar-refractivity contribution in [1.29, 1.82) is 0 Å². The molecule has 2 aromatic carbocycles. The van der Waals surface area contributed by atoms with Crippen LogP contribution in [-0.4, -0.2) is 6.61 Å². The molecule has 0 aliphatic carbocycles. The lowest BCUT2D eigenvalue weighted by Crippen LogP contribution is -2.20. The Morgan fingerprint density at radius 3 is 2.47 bits per heavy atom.